The highest BCUT2D eigenvalue weighted by Crippen LogP contribution is 2.43. The summed E-state index contributed by atoms with van der Waals surface area (Å²) in [6.07, 6.45) is 6.77. The first kappa shape index (κ1) is 22.0. The van der Waals surface area contributed by atoms with Crippen LogP contribution in [0.1, 0.15) is 41.6 Å². The second-order valence-corrected chi connectivity index (χ2v) is 9.08. The molecule has 0 unspecified atom stereocenters. The molecule has 174 valence electrons. The van der Waals surface area contributed by atoms with Crippen LogP contribution in [-0.2, 0) is 5.54 Å². The number of urea groups is 1. The third kappa shape index (κ3) is 4.12. The zero-order valence-electron chi connectivity index (χ0n) is 19.1. The van der Waals surface area contributed by atoms with E-state index in [9.17, 15) is 9.59 Å². The summed E-state index contributed by atoms with van der Waals surface area (Å²) in [5.74, 6) is -0.0777. The van der Waals surface area contributed by atoms with E-state index < -0.39 is 0 Å². The first-order valence-corrected chi connectivity index (χ1v) is 11.6. The molecule has 3 amide bonds. The van der Waals surface area contributed by atoms with Gasteiger partial charge in [-0.1, -0.05) is 48.5 Å². The van der Waals surface area contributed by atoms with Crippen LogP contribution < -0.4 is 20.9 Å². The van der Waals surface area contributed by atoms with Gasteiger partial charge in [0.05, 0.1) is 30.2 Å². The topological polar surface area (TPSA) is 99.2 Å². The average molecular weight is 457 g/mol. The number of rotatable bonds is 5. The molecule has 5 rings (SSSR count). The number of amides is 3. The van der Waals surface area contributed by atoms with Crippen LogP contribution in [-0.4, -0.2) is 41.0 Å². The first-order chi connectivity index (χ1) is 16.5. The molecular weight excluding hydrogens is 428 g/mol. The number of nitrogens with zero attached hydrogens (tertiary/aromatic N) is 3. The van der Waals surface area contributed by atoms with Crippen molar-refractivity contribution in [2.45, 2.75) is 36.8 Å². The standard InChI is InChI=1S/C26H28N6O2/c1-27-26(20-10-6-3-7-11-20)14-12-25(13-15-26)18-32(24(34)31-25)21-16-28-23(29-17-21)30-22(33)19-8-4-2-5-9-19/h2-11,16-17,27H,12-15,18H2,1H3,(H,31,34)(H,28,29,30,33)/t25-,26+. The van der Waals surface area contributed by atoms with Crippen molar-refractivity contribution in [3.63, 3.8) is 0 Å². The van der Waals surface area contributed by atoms with Crippen molar-refractivity contribution in [2.75, 3.05) is 23.8 Å². The Morgan fingerprint density at radius 1 is 0.941 bits per heavy atom. The van der Waals surface area contributed by atoms with Gasteiger partial charge < -0.3 is 10.6 Å². The van der Waals surface area contributed by atoms with Crippen LogP contribution in [0.5, 0.6) is 0 Å². The number of benzene rings is 2. The Kier molecular flexibility index (Phi) is 5.75. The second-order valence-electron chi connectivity index (χ2n) is 9.08. The Labute approximate surface area is 198 Å². The summed E-state index contributed by atoms with van der Waals surface area (Å²) in [6.45, 7) is 0.569. The van der Waals surface area contributed by atoms with Crippen LogP contribution in [0.25, 0.3) is 0 Å². The lowest BCUT2D eigenvalue weighted by molar-refractivity contribution is 0.102. The van der Waals surface area contributed by atoms with Gasteiger partial charge in [-0.25, -0.2) is 14.8 Å². The molecule has 34 heavy (non-hydrogen) atoms. The maximum Gasteiger partial charge on any atom is 0.322 e. The number of hydrogen-bond acceptors (Lipinski definition) is 5. The lowest BCUT2D eigenvalue weighted by atomic mass is 9.69. The fraction of sp³-hybridized carbons (Fsp3) is 0.308. The first-order valence-electron chi connectivity index (χ1n) is 11.6. The lowest BCUT2D eigenvalue weighted by Gasteiger charge is -2.45. The molecule has 0 radical (unpaired) electrons. The largest absolute Gasteiger partial charge is 0.330 e. The SMILES string of the molecule is CN[C@]1(c2ccccc2)CC[C@]2(CC1)CN(c1cnc(NC(=O)c3ccccc3)nc1)C(=O)N2. The summed E-state index contributed by atoms with van der Waals surface area (Å²) in [7, 11) is 2.01. The maximum atomic E-state index is 12.9. The highest BCUT2D eigenvalue weighted by molar-refractivity contribution is 6.03. The van der Waals surface area contributed by atoms with Crippen molar-refractivity contribution in [2.24, 2.45) is 0 Å². The summed E-state index contributed by atoms with van der Waals surface area (Å²) >= 11 is 0. The van der Waals surface area contributed by atoms with E-state index in [4.69, 9.17) is 0 Å². The number of anilines is 2. The van der Waals surface area contributed by atoms with Crippen LogP contribution in [0.4, 0.5) is 16.4 Å². The minimum absolute atomic E-state index is 0.0770. The zero-order chi connectivity index (χ0) is 23.6. The minimum Gasteiger partial charge on any atom is -0.330 e. The summed E-state index contributed by atoms with van der Waals surface area (Å²) in [6, 6.07) is 19.3. The lowest BCUT2D eigenvalue weighted by Crippen LogP contribution is -2.53. The molecule has 8 heteroatoms. The minimum atomic E-state index is -0.278. The highest BCUT2D eigenvalue weighted by Gasteiger charge is 2.49. The van der Waals surface area contributed by atoms with Gasteiger partial charge in [-0.15, -0.1) is 0 Å². The third-order valence-electron chi connectivity index (χ3n) is 7.15. The molecule has 1 aliphatic carbocycles. The molecular formula is C26H28N6O2. The van der Waals surface area contributed by atoms with Gasteiger partial charge in [0.1, 0.15) is 0 Å². The number of aromatic nitrogens is 2. The third-order valence-corrected chi connectivity index (χ3v) is 7.15. The number of carbonyl (C=O) groups excluding carboxylic acids is 2. The van der Waals surface area contributed by atoms with E-state index in [1.54, 1.807) is 41.6 Å². The molecule has 1 aliphatic heterocycles. The van der Waals surface area contributed by atoms with Crippen molar-refractivity contribution in [1.29, 1.82) is 0 Å². The average Bonchev–Trinajstić information content (AvgIpc) is 3.22. The fourth-order valence-electron chi connectivity index (χ4n) is 5.08. The molecule has 1 saturated carbocycles. The molecule has 2 aliphatic rings. The van der Waals surface area contributed by atoms with E-state index in [2.05, 4.69) is 50.2 Å². The molecule has 2 heterocycles. The van der Waals surface area contributed by atoms with Gasteiger partial charge in [0.15, 0.2) is 0 Å². The van der Waals surface area contributed by atoms with Crippen LogP contribution in [0.15, 0.2) is 73.1 Å². The quantitative estimate of drug-likeness (QED) is 0.544. The van der Waals surface area contributed by atoms with E-state index in [0.717, 1.165) is 25.7 Å². The van der Waals surface area contributed by atoms with Crippen molar-refractivity contribution in [1.82, 2.24) is 20.6 Å². The van der Waals surface area contributed by atoms with Gasteiger partial charge in [0, 0.05) is 11.1 Å². The van der Waals surface area contributed by atoms with Crippen LogP contribution >= 0.6 is 0 Å². The van der Waals surface area contributed by atoms with Crippen molar-refractivity contribution < 1.29 is 9.59 Å². The number of nitrogens with one attached hydrogen (secondary N) is 3. The molecule has 1 saturated heterocycles. The Morgan fingerprint density at radius 2 is 1.56 bits per heavy atom. The summed E-state index contributed by atoms with van der Waals surface area (Å²) in [5, 5.41) is 9.47. The Hall–Kier alpha value is -3.78. The van der Waals surface area contributed by atoms with Gasteiger partial charge in [0.2, 0.25) is 5.95 Å². The number of hydrogen-bond donors (Lipinski definition) is 3. The molecule has 2 fully saturated rings. The van der Waals surface area contributed by atoms with E-state index in [1.165, 1.54) is 5.56 Å². The van der Waals surface area contributed by atoms with Gasteiger partial charge in [-0.05, 0) is 50.4 Å². The molecule has 8 nitrogen and oxygen atoms in total. The second kappa shape index (κ2) is 8.87. The maximum absolute atomic E-state index is 12.9. The number of carbonyl (C=O) groups is 2. The van der Waals surface area contributed by atoms with Crippen molar-refractivity contribution >= 4 is 23.6 Å². The highest BCUT2D eigenvalue weighted by atomic mass is 16.2. The Bertz CT molecular complexity index is 1160. The molecule has 1 spiro atoms. The predicted molar refractivity (Wildman–Crippen MR) is 131 cm³/mol. The summed E-state index contributed by atoms with van der Waals surface area (Å²) < 4.78 is 0. The monoisotopic (exact) mass is 456 g/mol. The molecule has 3 N–H and O–H groups in total. The Balaban J connectivity index is 1.25. The van der Waals surface area contributed by atoms with Gasteiger partial charge >= 0.3 is 6.03 Å². The van der Waals surface area contributed by atoms with E-state index in [1.807, 2.05) is 19.2 Å². The normalized spacial score (nSPS) is 24.1. The smallest absolute Gasteiger partial charge is 0.322 e. The zero-order valence-corrected chi connectivity index (χ0v) is 19.1. The van der Waals surface area contributed by atoms with Crippen LogP contribution in [0, 0.1) is 0 Å². The van der Waals surface area contributed by atoms with Crippen LogP contribution in [0.3, 0.4) is 0 Å². The molecule has 0 bridgehead atoms. The molecule has 1 aromatic heterocycles. The van der Waals surface area contributed by atoms with E-state index in [0.29, 0.717) is 17.8 Å². The van der Waals surface area contributed by atoms with Gasteiger partial charge in [-0.2, -0.15) is 0 Å². The summed E-state index contributed by atoms with van der Waals surface area (Å²) in [5.41, 5.74) is 2.08. The van der Waals surface area contributed by atoms with Crippen LogP contribution in [0.2, 0.25) is 0 Å². The van der Waals surface area contributed by atoms with E-state index in [-0.39, 0.29) is 29.0 Å². The fourth-order valence-corrected chi connectivity index (χ4v) is 5.08. The van der Waals surface area contributed by atoms with Crippen molar-refractivity contribution in [3.8, 4) is 0 Å². The predicted octanol–water partition coefficient (Wildman–Crippen LogP) is 3.69. The van der Waals surface area contributed by atoms with Gasteiger partial charge in [-0.3, -0.25) is 15.0 Å². The van der Waals surface area contributed by atoms with Crippen molar-refractivity contribution in [3.05, 3.63) is 84.2 Å². The van der Waals surface area contributed by atoms with E-state index >= 15 is 0 Å². The molecule has 3 aromatic rings. The van der Waals surface area contributed by atoms with Gasteiger partial charge in [0.25, 0.3) is 5.91 Å². The molecule has 2 aromatic carbocycles. The summed E-state index contributed by atoms with van der Waals surface area (Å²) in [4.78, 5) is 35.4. The molecule has 0 atom stereocenters. The Morgan fingerprint density at radius 3 is 2.18 bits per heavy atom.